The van der Waals surface area contributed by atoms with Crippen LogP contribution in [0.15, 0.2) is 36.1 Å². The summed E-state index contributed by atoms with van der Waals surface area (Å²) in [4.78, 5) is 13.0. The van der Waals surface area contributed by atoms with Crippen LogP contribution in [0.2, 0.25) is 0 Å². The number of benzene rings is 1. The molecule has 1 fully saturated rings. The molecule has 124 valence electrons. The molecule has 0 saturated heterocycles. The van der Waals surface area contributed by atoms with Crippen molar-refractivity contribution in [1.29, 1.82) is 0 Å². The van der Waals surface area contributed by atoms with Crippen LogP contribution < -0.4 is 15.8 Å². The number of fused-ring (bicyclic) bond motifs is 1. The van der Waals surface area contributed by atoms with Crippen molar-refractivity contribution in [2.24, 2.45) is 0 Å². The first-order chi connectivity index (χ1) is 11.8. The largest absolute Gasteiger partial charge is 0.488 e. The van der Waals surface area contributed by atoms with E-state index in [1.807, 2.05) is 23.7 Å². The molecule has 2 heterocycles. The maximum Gasteiger partial charge on any atom is 0.182 e. The van der Waals surface area contributed by atoms with Crippen molar-refractivity contribution < 1.29 is 4.74 Å². The Bertz CT molecular complexity index is 815. The molecular formula is C17H19N5OS. The SMILES string of the molecule is Nc1cc(OC2CCC(Nc3nccs3)CC2)c2nccnc2c1. The number of anilines is 2. The van der Waals surface area contributed by atoms with Gasteiger partial charge < -0.3 is 15.8 Å². The van der Waals surface area contributed by atoms with Crippen molar-refractivity contribution in [2.45, 2.75) is 37.8 Å². The van der Waals surface area contributed by atoms with Crippen molar-refractivity contribution in [2.75, 3.05) is 11.1 Å². The number of hydrogen-bond donors (Lipinski definition) is 2. The fourth-order valence-electron chi connectivity index (χ4n) is 3.13. The molecule has 0 spiro atoms. The number of thiazole rings is 1. The van der Waals surface area contributed by atoms with Crippen LogP contribution in [0.1, 0.15) is 25.7 Å². The second kappa shape index (κ2) is 6.60. The molecule has 2 aromatic heterocycles. The third-order valence-electron chi connectivity index (χ3n) is 4.29. The van der Waals surface area contributed by atoms with Crippen LogP contribution in [-0.4, -0.2) is 27.1 Å². The number of nitrogens with one attached hydrogen (secondary N) is 1. The smallest absolute Gasteiger partial charge is 0.182 e. The number of hydrogen-bond acceptors (Lipinski definition) is 7. The molecule has 4 rings (SSSR count). The molecule has 0 radical (unpaired) electrons. The van der Waals surface area contributed by atoms with E-state index in [0.29, 0.717) is 11.7 Å². The van der Waals surface area contributed by atoms with Crippen molar-refractivity contribution >= 4 is 33.2 Å². The van der Waals surface area contributed by atoms with Crippen LogP contribution in [0.5, 0.6) is 5.75 Å². The Hall–Kier alpha value is -2.41. The Kier molecular flexibility index (Phi) is 4.17. The highest BCUT2D eigenvalue weighted by Gasteiger charge is 2.23. The zero-order chi connectivity index (χ0) is 16.4. The molecule has 7 heteroatoms. The highest BCUT2D eigenvalue weighted by Crippen LogP contribution is 2.31. The lowest BCUT2D eigenvalue weighted by molar-refractivity contribution is 0.152. The third-order valence-corrected chi connectivity index (χ3v) is 4.99. The lowest BCUT2D eigenvalue weighted by Crippen LogP contribution is -2.31. The second-order valence-electron chi connectivity index (χ2n) is 6.02. The van der Waals surface area contributed by atoms with Gasteiger partial charge in [-0.1, -0.05) is 0 Å². The summed E-state index contributed by atoms with van der Waals surface area (Å²) in [5.74, 6) is 0.731. The highest BCUT2D eigenvalue weighted by molar-refractivity contribution is 7.13. The van der Waals surface area contributed by atoms with Crippen molar-refractivity contribution in [3.8, 4) is 5.75 Å². The molecule has 0 unspecified atom stereocenters. The molecule has 0 atom stereocenters. The topological polar surface area (TPSA) is 86.0 Å². The minimum Gasteiger partial charge on any atom is -0.488 e. The van der Waals surface area contributed by atoms with Crippen LogP contribution >= 0.6 is 11.3 Å². The number of rotatable bonds is 4. The van der Waals surface area contributed by atoms with Crippen molar-refractivity contribution in [3.63, 3.8) is 0 Å². The summed E-state index contributed by atoms with van der Waals surface area (Å²) in [6.07, 6.45) is 9.49. The van der Waals surface area contributed by atoms with E-state index >= 15 is 0 Å². The highest BCUT2D eigenvalue weighted by atomic mass is 32.1. The summed E-state index contributed by atoms with van der Waals surface area (Å²) in [7, 11) is 0. The zero-order valence-corrected chi connectivity index (χ0v) is 14.0. The standard InChI is InChI=1S/C17H19N5OS/c18-11-9-14-16(20-6-5-19-14)15(10-11)23-13-3-1-12(2-4-13)22-17-21-7-8-24-17/h5-10,12-13H,1-4,18H2,(H,21,22). The molecule has 1 aliphatic carbocycles. The summed E-state index contributed by atoms with van der Waals surface area (Å²) >= 11 is 1.64. The molecular weight excluding hydrogens is 322 g/mol. The fourth-order valence-corrected chi connectivity index (χ4v) is 3.73. The first-order valence-electron chi connectivity index (χ1n) is 8.11. The monoisotopic (exact) mass is 341 g/mol. The van der Waals surface area contributed by atoms with Gasteiger partial charge >= 0.3 is 0 Å². The van der Waals surface area contributed by atoms with Crippen LogP contribution in [0.25, 0.3) is 11.0 Å². The summed E-state index contributed by atoms with van der Waals surface area (Å²) < 4.78 is 6.21. The Balaban J connectivity index is 1.42. The summed E-state index contributed by atoms with van der Waals surface area (Å²) in [6.45, 7) is 0. The molecule has 3 aromatic rings. The molecule has 3 N–H and O–H groups in total. The number of nitrogen functional groups attached to an aromatic ring is 1. The third kappa shape index (κ3) is 3.26. The van der Waals surface area contributed by atoms with E-state index < -0.39 is 0 Å². The number of ether oxygens (including phenoxy) is 1. The Morgan fingerprint density at radius 2 is 1.88 bits per heavy atom. The van der Waals surface area contributed by atoms with Gasteiger partial charge in [0.05, 0.1) is 11.6 Å². The van der Waals surface area contributed by atoms with Gasteiger partial charge in [0.15, 0.2) is 5.13 Å². The van der Waals surface area contributed by atoms with Gasteiger partial charge in [-0.05, 0) is 31.7 Å². The minimum atomic E-state index is 0.186. The lowest BCUT2D eigenvalue weighted by atomic mass is 9.93. The Morgan fingerprint density at radius 1 is 1.04 bits per heavy atom. The molecule has 1 aliphatic rings. The number of aromatic nitrogens is 3. The van der Waals surface area contributed by atoms with Gasteiger partial charge in [0.25, 0.3) is 0 Å². The van der Waals surface area contributed by atoms with Crippen LogP contribution in [0.4, 0.5) is 10.8 Å². The van der Waals surface area contributed by atoms with E-state index in [1.54, 1.807) is 23.7 Å². The van der Waals surface area contributed by atoms with Crippen molar-refractivity contribution in [1.82, 2.24) is 15.0 Å². The van der Waals surface area contributed by atoms with Crippen LogP contribution in [0, 0.1) is 0 Å². The summed E-state index contributed by atoms with van der Waals surface area (Å²) in [5.41, 5.74) is 8.16. The van der Waals surface area contributed by atoms with E-state index in [0.717, 1.165) is 47.6 Å². The molecule has 24 heavy (non-hydrogen) atoms. The van der Waals surface area contributed by atoms with E-state index in [2.05, 4.69) is 20.3 Å². The predicted molar refractivity (Wildman–Crippen MR) is 96.4 cm³/mol. The minimum absolute atomic E-state index is 0.186. The predicted octanol–water partition coefficient (Wildman–Crippen LogP) is 3.47. The molecule has 1 aromatic carbocycles. The van der Waals surface area contributed by atoms with Gasteiger partial charge in [-0.25, -0.2) is 9.97 Å². The van der Waals surface area contributed by atoms with Crippen molar-refractivity contribution in [3.05, 3.63) is 36.1 Å². The lowest BCUT2D eigenvalue weighted by Gasteiger charge is -2.29. The Morgan fingerprint density at radius 3 is 2.67 bits per heavy atom. The molecule has 0 bridgehead atoms. The van der Waals surface area contributed by atoms with Gasteiger partial charge in [-0.15, -0.1) is 11.3 Å². The first-order valence-corrected chi connectivity index (χ1v) is 8.99. The quantitative estimate of drug-likeness (QED) is 0.707. The maximum atomic E-state index is 6.21. The normalized spacial score (nSPS) is 20.8. The van der Waals surface area contributed by atoms with Gasteiger partial charge in [0.2, 0.25) is 0 Å². The van der Waals surface area contributed by atoms with E-state index in [-0.39, 0.29) is 6.10 Å². The number of nitrogens with zero attached hydrogens (tertiary/aromatic N) is 3. The van der Waals surface area contributed by atoms with Gasteiger partial charge in [0.1, 0.15) is 11.3 Å². The van der Waals surface area contributed by atoms with E-state index in [9.17, 15) is 0 Å². The van der Waals surface area contributed by atoms with Gasteiger partial charge in [-0.2, -0.15) is 0 Å². The van der Waals surface area contributed by atoms with Crippen LogP contribution in [0.3, 0.4) is 0 Å². The molecule has 0 aliphatic heterocycles. The fraction of sp³-hybridized carbons (Fsp3) is 0.353. The second-order valence-corrected chi connectivity index (χ2v) is 6.91. The molecule has 6 nitrogen and oxygen atoms in total. The van der Waals surface area contributed by atoms with E-state index in [4.69, 9.17) is 10.5 Å². The maximum absolute atomic E-state index is 6.21. The average Bonchev–Trinajstić information content (AvgIpc) is 3.09. The molecule has 0 amide bonds. The van der Waals surface area contributed by atoms with Gasteiger partial charge in [-0.3, -0.25) is 4.98 Å². The summed E-state index contributed by atoms with van der Waals surface area (Å²) in [5, 5.41) is 6.48. The van der Waals surface area contributed by atoms with E-state index in [1.165, 1.54) is 0 Å². The first kappa shape index (κ1) is 15.1. The average molecular weight is 341 g/mol. The van der Waals surface area contributed by atoms with Gasteiger partial charge in [0, 0.05) is 41.8 Å². The number of nitrogens with two attached hydrogens (primary N) is 1. The van der Waals surface area contributed by atoms with Crippen LogP contribution in [-0.2, 0) is 0 Å². The molecule has 1 saturated carbocycles. The Labute approximate surface area is 144 Å². The summed E-state index contributed by atoms with van der Waals surface area (Å²) in [6, 6.07) is 4.13. The zero-order valence-electron chi connectivity index (χ0n) is 13.2.